The molecular formula is C9H10ClNO3. The van der Waals surface area contributed by atoms with Crippen LogP contribution in [0.3, 0.4) is 0 Å². The fourth-order valence-electron chi connectivity index (χ4n) is 1.04. The van der Waals surface area contributed by atoms with E-state index in [9.17, 15) is 4.79 Å². The molecule has 1 aromatic rings. The van der Waals surface area contributed by atoms with Crippen LogP contribution in [0.2, 0.25) is 5.15 Å². The minimum Gasteiger partial charge on any atom is -0.479 e. The van der Waals surface area contributed by atoms with Crippen LogP contribution in [0.15, 0.2) is 18.3 Å². The molecule has 1 aromatic heterocycles. The highest BCUT2D eigenvalue weighted by atomic mass is 35.5. The molecule has 0 saturated heterocycles. The lowest BCUT2D eigenvalue weighted by Crippen LogP contribution is -2.25. The third-order valence-electron chi connectivity index (χ3n) is 1.80. The summed E-state index contributed by atoms with van der Waals surface area (Å²) < 4.78 is 4.78. The standard InChI is InChI=1S/C9H10ClNO3/c1-14-7(9(12)13)5-6-3-2-4-11-8(6)10/h2-4,7H,5H2,1H3,(H,12,13). The summed E-state index contributed by atoms with van der Waals surface area (Å²) in [5.41, 5.74) is 0.670. The molecule has 0 aliphatic rings. The van der Waals surface area contributed by atoms with Gasteiger partial charge in [-0.05, 0) is 11.6 Å². The Bertz CT molecular complexity index is 330. The SMILES string of the molecule is COC(Cc1cccnc1Cl)C(=O)O. The number of rotatable bonds is 4. The quantitative estimate of drug-likeness (QED) is 0.771. The summed E-state index contributed by atoms with van der Waals surface area (Å²) in [6, 6.07) is 3.43. The highest BCUT2D eigenvalue weighted by molar-refractivity contribution is 6.30. The van der Waals surface area contributed by atoms with E-state index in [1.165, 1.54) is 7.11 Å². The van der Waals surface area contributed by atoms with Gasteiger partial charge in [-0.25, -0.2) is 9.78 Å². The van der Waals surface area contributed by atoms with Gasteiger partial charge in [-0.1, -0.05) is 17.7 Å². The van der Waals surface area contributed by atoms with Gasteiger partial charge in [0, 0.05) is 19.7 Å². The lowest BCUT2D eigenvalue weighted by Gasteiger charge is -2.10. The van der Waals surface area contributed by atoms with E-state index in [0.29, 0.717) is 10.7 Å². The molecule has 1 atom stereocenters. The van der Waals surface area contributed by atoms with Crippen LogP contribution in [0.1, 0.15) is 5.56 Å². The predicted octanol–water partition coefficient (Wildman–Crippen LogP) is 1.38. The van der Waals surface area contributed by atoms with Crippen LogP contribution >= 0.6 is 11.6 Å². The van der Waals surface area contributed by atoms with Crippen molar-refractivity contribution in [2.75, 3.05) is 7.11 Å². The number of methoxy groups -OCH3 is 1. The Balaban J connectivity index is 2.77. The third kappa shape index (κ3) is 2.68. The van der Waals surface area contributed by atoms with E-state index in [1.807, 2.05) is 0 Å². The molecule has 4 nitrogen and oxygen atoms in total. The zero-order valence-corrected chi connectivity index (χ0v) is 8.36. The van der Waals surface area contributed by atoms with Gasteiger partial charge in [0.25, 0.3) is 0 Å². The maximum Gasteiger partial charge on any atom is 0.333 e. The van der Waals surface area contributed by atoms with E-state index in [1.54, 1.807) is 18.3 Å². The van der Waals surface area contributed by atoms with Crippen LogP contribution in [0.4, 0.5) is 0 Å². The lowest BCUT2D eigenvalue weighted by molar-refractivity contribution is -0.148. The Morgan fingerprint density at radius 1 is 1.79 bits per heavy atom. The smallest absolute Gasteiger partial charge is 0.333 e. The Morgan fingerprint density at radius 3 is 3.00 bits per heavy atom. The topological polar surface area (TPSA) is 59.4 Å². The van der Waals surface area contributed by atoms with Crippen molar-refractivity contribution >= 4 is 17.6 Å². The minimum absolute atomic E-state index is 0.221. The number of carboxylic acid groups (broad SMARTS) is 1. The zero-order valence-electron chi connectivity index (χ0n) is 7.61. The van der Waals surface area contributed by atoms with E-state index >= 15 is 0 Å². The van der Waals surface area contributed by atoms with Crippen molar-refractivity contribution in [1.82, 2.24) is 4.98 Å². The minimum atomic E-state index is -1.01. The van der Waals surface area contributed by atoms with Crippen LogP contribution in [-0.4, -0.2) is 29.3 Å². The summed E-state index contributed by atoms with van der Waals surface area (Å²) in [6.07, 6.45) is 0.893. The van der Waals surface area contributed by atoms with Crippen molar-refractivity contribution < 1.29 is 14.6 Å². The molecule has 76 valence electrons. The number of hydrogen-bond donors (Lipinski definition) is 1. The van der Waals surface area contributed by atoms with Gasteiger partial charge in [0.2, 0.25) is 0 Å². The van der Waals surface area contributed by atoms with Gasteiger partial charge < -0.3 is 9.84 Å². The summed E-state index contributed by atoms with van der Waals surface area (Å²) in [7, 11) is 1.35. The molecule has 0 bridgehead atoms. The Hall–Kier alpha value is -1.13. The van der Waals surface area contributed by atoms with Gasteiger partial charge in [0.15, 0.2) is 6.10 Å². The summed E-state index contributed by atoms with van der Waals surface area (Å²) in [6.45, 7) is 0. The normalized spacial score (nSPS) is 12.4. The van der Waals surface area contributed by atoms with Crippen molar-refractivity contribution in [3.05, 3.63) is 29.0 Å². The lowest BCUT2D eigenvalue weighted by atomic mass is 10.1. The number of carbonyl (C=O) groups is 1. The Morgan fingerprint density at radius 2 is 2.50 bits per heavy atom. The molecule has 1 unspecified atom stereocenters. The maximum absolute atomic E-state index is 10.7. The van der Waals surface area contributed by atoms with Crippen LogP contribution < -0.4 is 0 Å². The molecule has 1 N–H and O–H groups in total. The third-order valence-corrected chi connectivity index (χ3v) is 2.14. The number of aromatic nitrogens is 1. The number of ether oxygens (including phenoxy) is 1. The summed E-state index contributed by atoms with van der Waals surface area (Å²) >= 11 is 5.77. The molecular weight excluding hydrogens is 206 g/mol. The predicted molar refractivity (Wildman–Crippen MR) is 51.4 cm³/mol. The van der Waals surface area contributed by atoms with Crippen molar-refractivity contribution in [2.45, 2.75) is 12.5 Å². The summed E-state index contributed by atoms with van der Waals surface area (Å²) in [5.74, 6) is -1.01. The van der Waals surface area contributed by atoms with Gasteiger partial charge in [0.1, 0.15) is 5.15 Å². The molecule has 14 heavy (non-hydrogen) atoms. The first-order chi connectivity index (χ1) is 6.65. The Labute approximate surface area is 86.5 Å². The average molecular weight is 216 g/mol. The zero-order chi connectivity index (χ0) is 10.6. The number of halogens is 1. The number of pyridine rings is 1. The van der Waals surface area contributed by atoms with Crippen LogP contribution in [0.25, 0.3) is 0 Å². The molecule has 0 aliphatic heterocycles. The fraction of sp³-hybridized carbons (Fsp3) is 0.333. The van der Waals surface area contributed by atoms with Crippen molar-refractivity contribution in [1.29, 1.82) is 0 Å². The average Bonchev–Trinajstić information content (AvgIpc) is 2.16. The van der Waals surface area contributed by atoms with Crippen LogP contribution in [0.5, 0.6) is 0 Å². The number of carboxylic acids is 1. The van der Waals surface area contributed by atoms with Crippen LogP contribution in [-0.2, 0) is 16.0 Å². The summed E-state index contributed by atoms with van der Waals surface area (Å²) in [4.78, 5) is 14.5. The molecule has 0 amide bonds. The maximum atomic E-state index is 10.7. The Kier molecular flexibility index (Phi) is 3.85. The second kappa shape index (κ2) is 4.93. The molecule has 0 saturated carbocycles. The molecule has 0 radical (unpaired) electrons. The van der Waals surface area contributed by atoms with Crippen molar-refractivity contribution in [3.8, 4) is 0 Å². The second-order valence-electron chi connectivity index (χ2n) is 2.72. The molecule has 0 aromatic carbocycles. The monoisotopic (exact) mass is 215 g/mol. The van der Waals surface area contributed by atoms with Crippen molar-refractivity contribution in [2.24, 2.45) is 0 Å². The largest absolute Gasteiger partial charge is 0.479 e. The van der Waals surface area contributed by atoms with E-state index in [4.69, 9.17) is 21.4 Å². The van der Waals surface area contributed by atoms with Gasteiger partial charge in [-0.2, -0.15) is 0 Å². The highest BCUT2D eigenvalue weighted by Crippen LogP contribution is 2.14. The second-order valence-corrected chi connectivity index (χ2v) is 3.08. The number of hydrogen-bond acceptors (Lipinski definition) is 3. The molecule has 0 spiro atoms. The summed E-state index contributed by atoms with van der Waals surface area (Å²) in [5, 5.41) is 9.05. The van der Waals surface area contributed by atoms with Gasteiger partial charge in [-0.15, -0.1) is 0 Å². The van der Waals surface area contributed by atoms with Gasteiger partial charge in [0.05, 0.1) is 0 Å². The van der Waals surface area contributed by atoms with Crippen molar-refractivity contribution in [3.63, 3.8) is 0 Å². The van der Waals surface area contributed by atoms with E-state index in [0.717, 1.165) is 0 Å². The molecule has 1 heterocycles. The molecule has 1 rings (SSSR count). The highest BCUT2D eigenvalue weighted by Gasteiger charge is 2.18. The van der Waals surface area contributed by atoms with Gasteiger partial charge in [-0.3, -0.25) is 0 Å². The van der Waals surface area contributed by atoms with E-state index < -0.39 is 12.1 Å². The van der Waals surface area contributed by atoms with Gasteiger partial charge >= 0.3 is 5.97 Å². The van der Waals surface area contributed by atoms with Crippen LogP contribution in [0, 0.1) is 0 Å². The first-order valence-corrected chi connectivity index (χ1v) is 4.38. The molecule has 0 fully saturated rings. The van der Waals surface area contributed by atoms with E-state index in [2.05, 4.69) is 4.98 Å². The molecule has 0 aliphatic carbocycles. The van der Waals surface area contributed by atoms with E-state index in [-0.39, 0.29) is 6.42 Å². The first-order valence-electron chi connectivity index (χ1n) is 4.00. The fourth-order valence-corrected chi connectivity index (χ4v) is 1.24. The number of aliphatic carboxylic acids is 1. The first kappa shape index (κ1) is 10.9. The molecule has 5 heteroatoms. The number of nitrogens with zero attached hydrogens (tertiary/aromatic N) is 1.